The summed E-state index contributed by atoms with van der Waals surface area (Å²) in [5.41, 5.74) is 0. The zero-order valence-electron chi connectivity index (χ0n) is 10.8. The first-order valence-corrected chi connectivity index (χ1v) is 6.28. The fourth-order valence-corrected chi connectivity index (χ4v) is 1.82. The molecule has 0 unspecified atom stereocenters. The zero-order valence-corrected chi connectivity index (χ0v) is 10.8. The summed E-state index contributed by atoms with van der Waals surface area (Å²) in [5, 5.41) is 3.20. The van der Waals surface area contributed by atoms with Crippen LogP contribution in [0.15, 0.2) is 12.3 Å². The first-order chi connectivity index (χ1) is 8.90. The SMILES string of the molecule is COCCCNc1nccc(N2CCOCC2)n1. The molecular weight excluding hydrogens is 232 g/mol. The van der Waals surface area contributed by atoms with Gasteiger partial charge in [0.25, 0.3) is 0 Å². The van der Waals surface area contributed by atoms with Gasteiger partial charge in [-0.15, -0.1) is 0 Å². The van der Waals surface area contributed by atoms with Crippen LogP contribution in [0.5, 0.6) is 0 Å². The Bertz CT molecular complexity index is 356. The van der Waals surface area contributed by atoms with E-state index < -0.39 is 0 Å². The van der Waals surface area contributed by atoms with Crippen LogP contribution in [0.4, 0.5) is 11.8 Å². The van der Waals surface area contributed by atoms with Crippen LogP contribution in [-0.4, -0.2) is 56.5 Å². The minimum Gasteiger partial charge on any atom is -0.385 e. The number of morpholine rings is 1. The van der Waals surface area contributed by atoms with Crippen LogP contribution in [0.2, 0.25) is 0 Å². The molecule has 0 aromatic carbocycles. The molecule has 18 heavy (non-hydrogen) atoms. The highest BCUT2D eigenvalue weighted by atomic mass is 16.5. The van der Waals surface area contributed by atoms with Gasteiger partial charge in [0.1, 0.15) is 5.82 Å². The van der Waals surface area contributed by atoms with Gasteiger partial charge < -0.3 is 19.7 Å². The Morgan fingerprint density at radius 3 is 3.06 bits per heavy atom. The molecule has 2 rings (SSSR count). The Balaban J connectivity index is 1.88. The van der Waals surface area contributed by atoms with Crippen molar-refractivity contribution < 1.29 is 9.47 Å². The van der Waals surface area contributed by atoms with Crippen molar-refractivity contribution in [3.05, 3.63) is 12.3 Å². The molecule has 0 aliphatic carbocycles. The highest BCUT2D eigenvalue weighted by molar-refractivity contribution is 5.42. The number of nitrogens with zero attached hydrogens (tertiary/aromatic N) is 3. The minimum atomic E-state index is 0.676. The first kappa shape index (κ1) is 13.0. The molecular formula is C12H20N4O2. The van der Waals surface area contributed by atoms with Crippen LogP contribution < -0.4 is 10.2 Å². The van der Waals surface area contributed by atoms with Gasteiger partial charge in [0.15, 0.2) is 0 Å². The Kier molecular flexibility index (Phi) is 5.16. The number of aromatic nitrogens is 2. The molecule has 1 fully saturated rings. The topological polar surface area (TPSA) is 59.5 Å². The number of hydrogen-bond acceptors (Lipinski definition) is 6. The third-order valence-corrected chi connectivity index (χ3v) is 2.78. The quantitative estimate of drug-likeness (QED) is 0.754. The second kappa shape index (κ2) is 7.13. The number of hydrogen-bond donors (Lipinski definition) is 1. The van der Waals surface area contributed by atoms with E-state index in [1.807, 2.05) is 6.07 Å². The lowest BCUT2D eigenvalue weighted by Gasteiger charge is -2.27. The number of anilines is 2. The van der Waals surface area contributed by atoms with Gasteiger partial charge in [0.05, 0.1) is 13.2 Å². The van der Waals surface area contributed by atoms with Gasteiger partial charge in [-0.25, -0.2) is 4.98 Å². The number of nitrogens with one attached hydrogen (secondary N) is 1. The second-order valence-corrected chi connectivity index (χ2v) is 4.11. The standard InChI is InChI=1S/C12H20N4O2/c1-17-8-2-4-13-12-14-5-3-11(15-12)16-6-9-18-10-7-16/h3,5H,2,4,6-10H2,1H3,(H,13,14,15). The van der Waals surface area contributed by atoms with Crippen molar-refractivity contribution in [3.8, 4) is 0 Å². The monoisotopic (exact) mass is 252 g/mol. The molecule has 1 aliphatic rings. The molecule has 1 aromatic heterocycles. The lowest BCUT2D eigenvalue weighted by molar-refractivity contribution is 0.122. The molecule has 1 aromatic rings. The van der Waals surface area contributed by atoms with E-state index in [0.29, 0.717) is 5.95 Å². The maximum Gasteiger partial charge on any atom is 0.224 e. The molecule has 2 heterocycles. The summed E-state index contributed by atoms with van der Waals surface area (Å²) in [6, 6.07) is 1.94. The van der Waals surface area contributed by atoms with Crippen molar-refractivity contribution in [3.63, 3.8) is 0 Å². The normalized spacial score (nSPS) is 15.7. The summed E-state index contributed by atoms with van der Waals surface area (Å²) in [5.74, 6) is 1.64. The second-order valence-electron chi connectivity index (χ2n) is 4.11. The van der Waals surface area contributed by atoms with Crippen LogP contribution in [-0.2, 0) is 9.47 Å². The van der Waals surface area contributed by atoms with Crippen molar-refractivity contribution in [2.45, 2.75) is 6.42 Å². The summed E-state index contributed by atoms with van der Waals surface area (Å²) in [6.45, 7) is 4.87. The predicted octanol–water partition coefficient (Wildman–Crippen LogP) is 0.762. The van der Waals surface area contributed by atoms with Crippen molar-refractivity contribution >= 4 is 11.8 Å². The summed E-state index contributed by atoms with van der Waals surface area (Å²) < 4.78 is 10.3. The third kappa shape index (κ3) is 3.82. The van der Waals surface area contributed by atoms with Crippen molar-refractivity contribution in [2.24, 2.45) is 0 Å². The Morgan fingerprint density at radius 1 is 1.44 bits per heavy atom. The third-order valence-electron chi connectivity index (χ3n) is 2.78. The van der Waals surface area contributed by atoms with E-state index in [9.17, 15) is 0 Å². The number of rotatable bonds is 6. The molecule has 0 saturated carbocycles. The molecule has 0 bridgehead atoms. The van der Waals surface area contributed by atoms with Gasteiger partial charge >= 0.3 is 0 Å². The van der Waals surface area contributed by atoms with Crippen LogP contribution in [0.1, 0.15) is 6.42 Å². The van der Waals surface area contributed by atoms with E-state index in [1.54, 1.807) is 13.3 Å². The van der Waals surface area contributed by atoms with Crippen molar-refractivity contribution in [2.75, 3.05) is 56.8 Å². The zero-order chi connectivity index (χ0) is 12.6. The summed E-state index contributed by atoms with van der Waals surface area (Å²) >= 11 is 0. The van der Waals surface area contributed by atoms with E-state index in [-0.39, 0.29) is 0 Å². The summed E-state index contributed by atoms with van der Waals surface area (Å²) in [4.78, 5) is 10.9. The van der Waals surface area contributed by atoms with Gasteiger partial charge in [-0.1, -0.05) is 0 Å². The predicted molar refractivity (Wildman–Crippen MR) is 70.0 cm³/mol. The molecule has 0 atom stereocenters. The van der Waals surface area contributed by atoms with Crippen molar-refractivity contribution in [1.82, 2.24) is 9.97 Å². The number of methoxy groups -OCH3 is 1. The van der Waals surface area contributed by atoms with Gasteiger partial charge in [0.2, 0.25) is 5.95 Å². The van der Waals surface area contributed by atoms with Gasteiger partial charge in [-0.05, 0) is 12.5 Å². The van der Waals surface area contributed by atoms with Gasteiger partial charge in [-0.2, -0.15) is 4.98 Å². The smallest absolute Gasteiger partial charge is 0.224 e. The molecule has 0 amide bonds. The van der Waals surface area contributed by atoms with E-state index in [1.165, 1.54) is 0 Å². The van der Waals surface area contributed by atoms with Gasteiger partial charge in [0, 0.05) is 39.5 Å². The summed E-state index contributed by atoms with van der Waals surface area (Å²) in [7, 11) is 1.70. The highest BCUT2D eigenvalue weighted by Crippen LogP contribution is 2.13. The van der Waals surface area contributed by atoms with E-state index in [4.69, 9.17) is 9.47 Å². The largest absolute Gasteiger partial charge is 0.385 e. The minimum absolute atomic E-state index is 0.676. The molecule has 1 saturated heterocycles. The molecule has 6 heteroatoms. The van der Waals surface area contributed by atoms with Crippen LogP contribution in [0, 0.1) is 0 Å². The van der Waals surface area contributed by atoms with Crippen LogP contribution in [0.3, 0.4) is 0 Å². The summed E-state index contributed by atoms with van der Waals surface area (Å²) in [6.07, 6.45) is 2.73. The average Bonchev–Trinajstić information content (AvgIpc) is 2.45. The highest BCUT2D eigenvalue weighted by Gasteiger charge is 2.12. The molecule has 1 aliphatic heterocycles. The van der Waals surface area contributed by atoms with Crippen LogP contribution in [0.25, 0.3) is 0 Å². The molecule has 1 N–H and O–H groups in total. The fourth-order valence-electron chi connectivity index (χ4n) is 1.82. The lowest BCUT2D eigenvalue weighted by atomic mass is 10.4. The Morgan fingerprint density at radius 2 is 2.28 bits per heavy atom. The van der Waals surface area contributed by atoms with Crippen molar-refractivity contribution in [1.29, 1.82) is 0 Å². The first-order valence-electron chi connectivity index (χ1n) is 6.28. The fraction of sp³-hybridized carbons (Fsp3) is 0.667. The number of ether oxygens (including phenoxy) is 2. The van der Waals surface area contributed by atoms with Gasteiger partial charge in [-0.3, -0.25) is 0 Å². The molecule has 6 nitrogen and oxygen atoms in total. The maximum absolute atomic E-state index is 5.33. The average molecular weight is 252 g/mol. The van der Waals surface area contributed by atoms with E-state index in [2.05, 4.69) is 20.2 Å². The van der Waals surface area contributed by atoms with E-state index >= 15 is 0 Å². The Hall–Kier alpha value is -1.40. The Labute approximate surface area is 107 Å². The molecule has 100 valence electrons. The van der Waals surface area contributed by atoms with E-state index in [0.717, 1.165) is 51.7 Å². The van der Waals surface area contributed by atoms with Crippen LogP contribution >= 0.6 is 0 Å². The maximum atomic E-state index is 5.33. The molecule has 0 spiro atoms. The molecule has 0 radical (unpaired) electrons. The lowest BCUT2D eigenvalue weighted by Crippen LogP contribution is -2.36.